The maximum Gasteiger partial charge on any atom is 0.221 e. The maximum atomic E-state index is 11.2. The Morgan fingerprint density at radius 1 is 1.63 bits per heavy atom. The van der Waals surface area contributed by atoms with Crippen molar-refractivity contribution < 1.29 is 4.79 Å². The van der Waals surface area contributed by atoms with Gasteiger partial charge in [-0.05, 0) is 52.2 Å². The lowest BCUT2D eigenvalue weighted by molar-refractivity contribution is -0.123. The van der Waals surface area contributed by atoms with Crippen LogP contribution in [0.2, 0.25) is 0 Å². The summed E-state index contributed by atoms with van der Waals surface area (Å²) in [4.78, 5) is 13.5. The first-order chi connectivity index (χ1) is 9.06. The molecule has 2 atom stereocenters. The molecule has 0 aromatic carbocycles. The van der Waals surface area contributed by atoms with Crippen LogP contribution in [-0.2, 0) is 4.79 Å². The number of hydrogen-bond acceptors (Lipinski definition) is 4. The zero-order valence-electron chi connectivity index (χ0n) is 12.1. The lowest BCUT2D eigenvalue weighted by atomic mass is 9.91. The average Bonchev–Trinajstić information content (AvgIpc) is 2.44. The molecule has 0 bridgehead atoms. The molecule has 0 spiro atoms. The normalized spacial score (nSPS) is 23.5. The van der Waals surface area contributed by atoms with Crippen molar-refractivity contribution in [1.82, 2.24) is 10.2 Å². The van der Waals surface area contributed by atoms with Gasteiger partial charge < -0.3 is 16.0 Å². The van der Waals surface area contributed by atoms with Gasteiger partial charge in [0.2, 0.25) is 5.91 Å². The van der Waals surface area contributed by atoms with Crippen molar-refractivity contribution in [1.29, 1.82) is 5.26 Å². The minimum atomic E-state index is -0.404. The number of rotatable bonds is 7. The van der Waals surface area contributed by atoms with E-state index in [2.05, 4.69) is 16.3 Å². The maximum absolute atomic E-state index is 11.2. The molecular formula is C14H26N4O. The van der Waals surface area contributed by atoms with Crippen LogP contribution in [0.25, 0.3) is 0 Å². The van der Waals surface area contributed by atoms with E-state index in [1.807, 2.05) is 14.0 Å². The molecule has 0 radical (unpaired) electrons. The Kier molecular flexibility index (Phi) is 6.26. The van der Waals surface area contributed by atoms with E-state index in [0.29, 0.717) is 0 Å². The summed E-state index contributed by atoms with van der Waals surface area (Å²) in [5.41, 5.74) is 4.97. The predicted octanol–water partition coefficient (Wildman–Crippen LogP) is 0.856. The number of nitrogens with two attached hydrogens (primary N) is 1. The van der Waals surface area contributed by atoms with Gasteiger partial charge in [0.25, 0.3) is 0 Å². The highest BCUT2D eigenvalue weighted by Crippen LogP contribution is 2.19. The fourth-order valence-corrected chi connectivity index (χ4v) is 2.76. The first-order valence-corrected chi connectivity index (χ1v) is 7.18. The quantitative estimate of drug-likeness (QED) is 0.716. The smallest absolute Gasteiger partial charge is 0.221 e. The Balaban J connectivity index is 2.37. The molecular weight excluding hydrogens is 240 g/mol. The number of nitrogens with zero attached hydrogens (tertiary/aromatic N) is 2. The standard InChI is InChI=1S/C14H26N4O/c1-3-14(11-15,17-2)7-5-9-18-8-4-6-12(10-18)13(16)19/h12,17H,3-10H2,1-2H3,(H2,16,19). The number of nitrogens with one attached hydrogen (secondary N) is 1. The number of carbonyl (C=O) groups excluding carboxylic acids is 1. The molecule has 0 aromatic heterocycles. The summed E-state index contributed by atoms with van der Waals surface area (Å²) in [7, 11) is 1.84. The van der Waals surface area contributed by atoms with Gasteiger partial charge in [-0.1, -0.05) is 6.92 Å². The van der Waals surface area contributed by atoms with Gasteiger partial charge in [0.15, 0.2) is 0 Å². The first kappa shape index (κ1) is 15.9. The van der Waals surface area contributed by atoms with Crippen LogP contribution in [0.15, 0.2) is 0 Å². The summed E-state index contributed by atoms with van der Waals surface area (Å²) < 4.78 is 0. The van der Waals surface area contributed by atoms with Gasteiger partial charge in [0.05, 0.1) is 12.0 Å². The lowest BCUT2D eigenvalue weighted by Gasteiger charge is -2.32. The van der Waals surface area contributed by atoms with Gasteiger partial charge in [0.1, 0.15) is 5.54 Å². The largest absolute Gasteiger partial charge is 0.369 e. The highest BCUT2D eigenvalue weighted by atomic mass is 16.1. The third kappa shape index (κ3) is 4.48. The molecule has 1 heterocycles. The minimum Gasteiger partial charge on any atom is -0.369 e. The van der Waals surface area contributed by atoms with E-state index in [1.54, 1.807) is 0 Å². The highest BCUT2D eigenvalue weighted by molar-refractivity contribution is 5.76. The van der Waals surface area contributed by atoms with Crippen molar-refractivity contribution in [2.45, 2.75) is 44.6 Å². The van der Waals surface area contributed by atoms with E-state index in [0.717, 1.165) is 51.7 Å². The molecule has 0 aliphatic carbocycles. The second kappa shape index (κ2) is 7.46. The fourth-order valence-electron chi connectivity index (χ4n) is 2.76. The molecule has 108 valence electrons. The first-order valence-electron chi connectivity index (χ1n) is 7.18. The number of nitriles is 1. The van der Waals surface area contributed by atoms with Crippen molar-refractivity contribution in [2.75, 3.05) is 26.7 Å². The highest BCUT2D eigenvalue weighted by Gasteiger charge is 2.27. The van der Waals surface area contributed by atoms with E-state index in [4.69, 9.17) is 5.73 Å². The topological polar surface area (TPSA) is 82.2 Å². The Morgan fingerprint density at radius 3 is 2.89 bits per heavy atom. The van der Waals surface area contributed by atoms with Crippen molar-refractivity contribution in [3.8, 4) is 6.07 Å². The van der Waals surface area contributed by atoms with Crippen LogP contribution in [0.4, 0.5) is 0 Å². The molecule has 1 fully saturated rings. The average molecular weight is 266 g/mol. The van der Waals surface area contributed by atoms with Crippen LogP contribution in [-0.4, -0.2) is 43.0 Å². The van der Waals surface area contributed by atoms with Crippen LogP contribution >= 0.6 is 0 Å². The molecule has 5 nitrogen and oxygen atoms in total. The van der Waals surface area contributed by atoms with E-state index in [1.165, 1.54) is 0 Å². The summed E-state index contributed by atoms with van der Waals surface area (Å²) in [5, 5.41) is 12.4. The zero-order valence-corrected chi connectivity index (χ0v) is 12.1. The minimum absolute atomic E-state index is 0.00458. The summed E-state index contributed by atoms with van der Waals surface area (Å²) in [6.07, 6.45) is 4.57. The van der Waals surface area contributed by atoms with Crippen molar-refractivity contribution in [2.24, 2.45) is 11.7 Å². The molecule has 1 amide bonds. The summed E-state index contributed by atoms with van der Waals surface area (Å²) in [6.45, 7) is 4.79. The van der Waals surface area contributed by atoms with Crippen molar-refractivity contribution in [3.05, 3.63) is 0 Å². The number of primary amides is 1. The van der Waals surface area contributed by atoms with Crippen LogP contribution < -0.4 is 11.1 Å². The van der Waals surface area contributed by atoms with Gasteiger partial charge in [0, 0.05) is 6.54 Å². The third-order valence-electron chi connectivity index (χ3n) is 4.28. The van der Waals surface area contributed by atoms with Crippen LogP contribution in [0.5, 0.6) is 0 Å². The van der Waals surface area contributed by atoms with E-state index >= 15 is 0 Å². The lowest BCUT2D eigenvalue weighted by Crippen LogP contribution is -2.43. The molecule has 19 heavy (non-hydrogen) atoms. The molecule has 5 heteroatoms. The molecule has 1 saturated heterocycles. The van der Waals surface area contributed by atoms with Crippen LogP contribution in [0, 0.1) is 17.2 Å². The molecule has 3 N–H and O–H groups in total. The van der Waals surface area contributed by atoms with Gasteiger partial charge in [-0.25, -0.2) is 0 Å². The Bertz CT molecular complexity index is 333. The van der Waals surface area contributed by atoms with Gasteiger partial charge in [-0.15, -0.1) is 0 Å². The monoisotopic (exact) mass is 266 g/mol. The number of piperidine rings is 1. The molecule has 0 saturated carbocycles. The SMILES string of the molecule is CCC(C#N)(CCCN1CCCC(C(N)=O)C1)NC. The Hall–Kier alpha value is -1.12. The number of likely N-dealkylation sites (tertiary alicyclic amines) is 1. The zero-order chi connectivity index (χ0) is 14.3. The second-order valence-corrected chi connectivity index (χ2v) is 5.44. The summed E-state index contributed by atoms with van der Waals surface area (Å²) >= 11 is 0. The van der Waals surface area contributed by atoms with Crippen LogP contribution in [0.3, 0.4) is 0 Å². The van der Waals surface area contributed by atoms with Gasteiger partial charge >= 0.3 is 0 Å². The molecule has 1 aliphatic rings. The Labute approximate surface area is 116 Å². The van der Waals surface area contributed by atoms with Gasteiger partial charge in [-0.2, -0.15) is 5.26 Å². The molecule has 1 rings (SSSR count). The second-order valence-electron chi connectivity index (χ2n) is 5.44. The predicted molar refractivity (Wildman–Crippen MR) is 75.3 cm³/mol. The molecule has 1 aliphatic heterocycles. The Morgan fingerprint density at radius 2 is 2.37 bits per heavy atom. The molecule has 0 aromatic rings. The van der Waals surface area contributed by atoms with Crippen molar-refractivity contribution in [3.63, 3.8) is 0 Å². The van der Waals surface area contributed by atoms with E-state index in [9.17, 15) is 10.1 Å². The van der Waals surface area contributed by atoms with Crippen molar-refractivity contribution >= 4 is 5.91 Å². The van der Waals surface area contributed by atoms with E-state index in [-0.39, 0.29) is 11.8 Å². The van der Waals surface area contributed by atoms with Crippen LogP contribution in [0.1, 0.15) is 39.0 Å². The van der Waals surface area contributed by atoms with E-state index < -0.39 is 5.54 Å². The third-order valence-corrected chi connectivity index (χ3v) is 4.28. The molecule has 2 unspecified atom stereocenters. The van der Waals surface area contributed by atoms with Gasteiger partial charge in [-0.3, -0.25) is 4.79 Å². The summed E-state index contributed by atoms with van der Waals surface area (Å²) in [6, 6.07) is 2.38. The summed E-state index contributed by atoms with van der Waals surface area (Å²) in [5.74, 6) is -0.176. The number of hydrogen-bond donors (Lipinski definition) is 2. The fraction of sp³-hybridized carbons (Fsp3) is 0.857. The number of carbonyl (C=O) groups is 1. The number of amides is 1.